The first kappa shape index (κ1) is 16.1. The molecular weight excluding hydrogens is 320 g/mol. The zero-order valence-corrected chi connectivity index (χ0v) is 15.9. The Morgan fingerprint density at radius 2 is 1.73 bits per heavy atom. The van der Waals surface area contributed by atoms with Gasteiger partial charge in [0.1, 0.15) is 18.0 Å². The molecule has 26 heavy (non-hydrogen) atoms. The van der Waals surface area contributed by atoms with E-state index in [1.165, 1.54) is 63.3 Å². The van der Waals surface area contributed by atoms with Crippen LogP contribution < -0.4 is 11.1 Å². The quantitative estimate of drug-likeness (QED) is 0.796. The molecule has 1 aromatic carbocycles. The number of fused-ring (bicyclic) bond motifs is 3. The molecule has 5 rings (SSSR count). The number of nitrogens with one attached hydrogen (secondary N) is 1. The van der Waals surface area contributed by atoms with E-state index in [4.69, 9.17) is 5.73 Å². The maximum absolute atomic E-state index is 5.96. The summed E-state index contributed by atoms with van der Waals surface area (Å²) in [6.07, 6.45) is 12.6. The Bertz CT molecular complexity index is 876. The zero-order chi connectivity index (χ0) is 17.9. The molecule has 4 heteroatoms. The number of anilines is 3. The average molecular weight is 348 g/mol. The van der Waals surface area contributed by atoms with Gasteiger partial charge in [-0.05, 0) is 85.6 Å². The number of nitrogens with zero attached hydrogens (tertiary/aromatic N) is 2. The highest BCUT2D eigenvalue weighted by atomic mass is 15.0. The van der Waals surface area contributed by atoms with Crippen molar-refractivity contribution in [2.24, 2.45) is 0 Å². The molecule has 3 aliphatic carbocycles. The molecule has 0 saturated heterocycles. The highest BCUT2D eigenvalue weighted by molar-refractivity contribution is 5.68. The Hall–Kier alpha value is -2.10. The van der Waals surface area contributed by atoms with Gasteiger partial charge >= 0.3 is 0 Å². The van der Waals surface area contributed by atoms with Gasteiger partial charge in [0.05, 0.1) is 0 Å². The number of nitrogen functional groups attached to an aromatic ring is 1. The van der Waals surface area contributed by atoms with Gasteiger partial charge in [0.2, 0.25) is 0 Å². The molecular formula is C22H28N4. The summed E-state index contributed by atoms with van der Waals surface area (Å²) in [5, 5.41) is 3.52. The summed E-state index contributed by atoms with van der Waals surface area (Å²) < 4.78 is 0. The first-order valence-corrected chi connectivity index (χ1v) is 10.0. The molecule has 2 fully saturated rings. The predicted molar refractivity (Wildman–Crippen MR) is 106 cm³/mol. The van der Waals surface area contributed by atoms with E-state index in [9.17, 15) is 0 Å². The Labute approximate surface area is 155 Å². The minimum atomic E-state index is 0.423. The van der Waals surface area contributed by atoms with Crippen molar-refractivity contribution in [2.45, 2.75) is 76.0 Å². The number of benzene rings is 1. The molecule has 0 aliphatic heterocycles. The van der Waals surface area contributed by atoms with Crippen LogP contribution in [-0.4, -0.2) is 9.97 Å². The summed E-state index contributed by atoms with van der Waals surface area (Å²) >= 11 is 0. The van der Waals surface area contributed by atoms with Gasteiger partial charge in [0, 0.05) is 11.3 Å². The molecule has 3 aliphatic rings. The molecule has 3 N–H and O–H groups in total. The number of hydrogen-bond donors (Lipinski definition) is 2. The monoisotopic (exact) mass is 348 g/mol. The maximum atomic E-state index is 5.96. The Kier molecular flexibility index (Phi) is 3.37. The van der Waals surface area contributed by atoms with Gasteiger partial charge in [-0.15, -0.1) is 0 Å². The summed E-state index contributed by atoms with van der Waals surface area (Å²) in [6.45, 7) is 4.27. The van der Waals surface area contributed by atoms with Gasteiger partial charge in [-0.3, -0.25) is 0 Å². The van der Waals surface area contributed by atoms with Crippen LogP contribution in [0.4, 0.5) is 17.3 Å². The Morgan fingerprint density at radius 3 is 2.46 bits per heavy atom. The fraction of sp³-hybridized carbons (Fsp3) is 0.545. The second-order valence-electron chi connectivity index (χ2n) is 8.87. The first-order chi connectivity index (χ1) is 12.5. The van der Waals surface area contributed by atoms with Gasteiger partial charge in [-0.25, -0.2) is 9.97 Å². The van der Waals surface area contributed by atoms with Gasteiger partial charge in [0.15, 0.2) is 0 Å². The third-order valence-corrected chi connectivity index (χ3v) is 7.16. The van der Waals surface area contributed by atoms with Gasteiger partial charge < -0.3 is 11.1 Å². The van der Waals surface area contributed by atoms with E-state index in [1.54, 1.807) is 11.1 Å². The lowest BCUT2D eigenvalue weighted by atomic mass is 9.69. The summed E-state index contributed by atoms with van der Waals surface area (Å²) in [7, 11) is 0. The number of aromatic nitrogens is 2. The van der Waals surface area contributed by atoms with Crippen LogP contribution in [0.1, 0.15) is 73.6 Å². The van der Waals surface area contributed by atoms with E-state index in [0.717, 1.165) is 17.1 Å². The lowest BCUT2D eigenvalue weighted by molar-refractivity contribution is 0.275. The fourth-order valence-corrected chi connectivity index (χ4v) is 5.79. The van der Waals surface area contributed by atoms with Crippen LogP contribution in [0.5, 0.6) is 0 Å². The van der Waals surface area contributed by atoms with Crippen LogP contribution >= 0.6 is 0 Å². The SMILES string of the molecule is Cc1cc(Nc2ncnc(N)c2C)cc2c1C1(CC1)CC21CCCCC1. The van der Waals surface area contributed by atoms with Crippen molar-refractivity contribution >= 4 is 17.3 Å². The molecule has 0 atom stereocenters. The molecule has 2 aromatic rings. The van der Waals surface area contributed by atoms with E-state index in [2.05, 4.69) is 34.3 Å². The van der Waals surface area contributed by atoms with E-state index in [0.29, 0.717) is 16.6 Å². The number of nitrogens with two attached hydrogens (primary N) is 1. The topological polar surface area (TPSA) is 63.8 Å². The van der Waals surface area contributed by atoms with Crippen molar-refractivity contribution in [3.8, 4) is 0 Å². The molecule has 2 spiro atoms. The highest BCUT2D eigenvalue weighted by Crippen LogP contribution is 2.66. The van der Waals surface area contributed by atoms with Crippen LogP contribution in [0, 0.1) is 13.8 Å². The maximum Gasteiger partial charge on any atom is 0.138 e. The lowest BCUT2D eigenvalue weighted by Crippen LogP contribution is -2.27. The van der Waals surface area contributed by atoms with Crippen molar-refractivity contribution in [1.82, 2.24) is 9.97 Å². The molecule has 4 nitrogen and oxygen atoms in total. The molecule has 1 aromatic heterocycles. The van der Waals surface area contributed by atoms with E-state index >= 15 is 0 Å². The van der Waals surface area contributed by atoms with Crippen molar-refractivity contribution in [3.63, 3.8) is 0 Å². The zero-order valence-electron chi connectivity index (χ0n) is 15.9. The van der Waals surface area contributed by atoms with Crippen LogP contribution in [0.2, 0.25) is 0 Å². The highest BCUT2D eigenvalue weighted by Gasteiger charge is 2.58. The minimum absolute atomic E-state index is 0.423. The fourth-order valence-electron chi connectivity index (χ4n) is 5.79. The minimum Gasteiger partial charge on any atom is -0.383 e. The van der Waals surface area contributed by atoms with E-state index < -0.39 is 0 Å². The number of hydrogen-bond acceptors (Lipinski definition) is 4. The van der Waals surface area contributed by atoms with Gasteiger partial charge in [-0.1, -0.05) is 19.3 Å². The number of rotatable bonds is 2. The summed E-state index contributed by atoms with van der Waals surface area (Å²) in [5.74, 6) is 1.36. The van der Waals surface area contributed by atoms with Crippen LogP contribution in [0.25, 0.3) is 0 Å². The van der Waals surface area contributed by atoms with Crippen LogP contribution in [0.3, 0.4) is 0 Å². The van der Waals surface area contributed by atoms with Crippen molar-refractivity contribution in [2.75, 3.05) is 11.1 Å². The Morgan fingerprint density at radius 1 is 0.962 bits per heavy atom. The third-order valence-electron chi connectivity index (χ3n) is 7.16. The molecule has 0 bridgehead atoms. The van der Waals surface area contributed by atoms with E-state index in [-0.39, 0.29) is 0 Å². The van der Waals surface area contributed by atoms with Crippen molar-refractivity contribution in [1.29, 1.82) is 0 Å². The smallest absolute Gasteiger partial charge is 0.138 e. The number of aryl methyl sites for hydroxylation is 1. The van der Waals surface area contributed by atoms with Crippen LogP contribution in [0.15, 0.2) is 18.5 Å². The third kappa shape index (κ3) is 2.27. The first-order valence-electron chi connectivity index (χ1n) is 10.0. The molecule has 0 amide bonds. The molecule has 2 saturated carbocycles. The normalized spacial score (nSPS) is 21.8. The lowest BCUT2D eigenvalue weighted by Gasteiger charge is -2.35. The summed E-state index contributed by atoms with van der Waals surface area (Å²) in [4.78, 5) is 8.48. The average Bonchev–Trinajstić information content (AvgIpc) is 3.33. The van der Waals surface area contributed by atoms with E-state index in [1.807, 2.05) is 6.92 Å². The van der Waals surface area contributed by atoms with Gasteiger partial charge in [0.25, 0.3) is 0 Å². The van der Waals surface area contributed by atoms with Crippen molar-refractivity contribution < 1.29 is 0 Å². The summed E-state index contributed by atoms with van der Waals surface area (Å²) in [6, 6.07) is 4.73. The van der Waals surface area contributed by atoms with Gasteiger partial charge in [-0.2, -0.15) is 0 Å². The molecule has 0 radical (unpaired) electrons. The second-order valence-corrected chi connectivity index (χ2v) is 8.87. The standard InChI is InChI=1S/C22H28N4/c1-14-10-16(26-20-15(2)19(23)24-13-25-20)11-17-18(14)22(8-9-22)12-21(17)6-4-3-5-7-21/h10-11,13H,3-9,12H2,1-2H3,(H3,23,24,25,26). The molecule has 1 heterocycles. The van der Waals surface area contributed by atoms with Crippen LogP contribution in [-0.2, 0) is 10.8 Å². The molecule has 136 valence electrons. The second kappa shape index (κ2) is 5.45. The van der Waals surface area contributed by atoms with Crippen molar-refractivity contribution in [3.05, 3.63) is 40.7 Å². The summed E-state index contributed by atoms with van der Waals surface area (Å²) in [5.41, 5.74) is 13.7. The molecule has 0 unspecified atom stereocenters. The predicted octanol–water partition coefficient (Wildman–Crippen LogP) is 5.06. The Balaban J connectivity index is 1.59. The largest absolute Gasteiger partial charge is 0.383 e.